The molecule has 2 aromatic carbocycles. The topological polar surface area (TPSA) is 47.6 Å². The molecule has 2 aromatic rings. The average molecular weight is 313 g/mol. The fourth-order valence-electron chi connectivity index (χ4n) is 2.43. The standard InChI is InChI=1S/C19H23NO3/c1-13-8-9-14(2)18(10-13)15(3)20-19(21)12-23-17-7-5-6-16(11-17)22-4/h5-11,15H,12H2,1-4H3,(H,20,21). The molecule has 0 fully saturated rings. The molecule has 0 spiro atoms. The minimum absolute atomic E-state index is 0.0254. The molecule has 4 nitrogen and oxygen atoms in total. The van der Waals surface area contributed by atoms with Crippen LogP contribution in [0.1, 0.15) is 29.7 Å². The van der Waals surface area contributed by atoms with Gasteiger partial charge in [0.15, 0.2) is 6.61 Å². The molecule has 4 heteroatoms. The summed E-state index contributed by atoms with van der Waals surface area (Å²) in [6.45, 7) is 6.04. The highest BCUT2D eigenvalue weighted by molar-refractivity contribution is 5.78. The van der Waals surface area contributed by atoms with Crippen LogP contribution in [0.15, 0.2) is 42.5 Å². The summed E-state index contributed by atoms with van der Waals surface area (Å²) in [7, 11) is 1.59. The van der Waals surface area contributed by atoms with Crippen LogP contribution in [0.5, 0.6) is 11.5 Å². The molecule has 0 saturated carbocycles. The summed E-state index contributed by atoms with van der Waals surface area (Å²) in [4.78, 5) is 12.1. The lowest BCUT2D eigenvalue weighted by atomic mass is 10.00. The number of ether oxygens (including phenoxy) is 2. The number of nitrogens with one attached hydrogen (secondary N) is 1. The van der Waals surface area contributed by atoms with Gasteiger partial charge in [0.2, 0.25) is 0 Å². The van der Waals surface area contributed by atoms with Crippen molar-refractivity contribution in [3.8, 4) is 11.5 Å². The molecule has 0 radical (unpaired) electrons. The summed E-state index contributed by atoms with van der Waals surface area (Å²) in [5.74, 6) is 1.16. The van der Waals surface area contributed by atoms with Crippen LogP contribution >= 0.6 is 0 Å². The molecule has 1 unspecified atom stereocenters. The summed E-state index contributed by atoms with van der Waals surface area (Å²) in [6, 6.07) is 13.4. The van der Waals surface area contributed by atoms with Crippen molar-refractivity contribution < 1.29 is 14.3 Å². The monoisotopic (exact) mass is 313 g/mol. The van der Waals surface area contributed by atoms with Crippen LogP contribution in [-0.2, 0) is 4.79 Å². The first kappa shape index (κ1) is 16.9. The van der Waals surface area contributed by atoms with Gasteiger partial charge in [-0.1, -0.05) is 29.8 Å². The molecule has 0 heterocycles. The molecule has 0 aliphatic rings. The third-order valence-electron chi connectivity index (χ3n) is 3.69. The second kappa shape index (κ2) is 7.68. The van der Waals surface area contributed by atoms with Gasteiger partial charge >= 0.3 is 0 Å². The summed E-state index contributed by atoms with van der Waals surface area (Å²) in [5, 5.41) is 2.97. The number of aryl methyl sites for hydroxylation is 2. The Kier molecular flexibility index (Phi) is 5.63. The summed E-state index contributed by atoms with van der Waals surface area (Å²) in [5.41, 5.74) is 3.47. The average Bonchev–Trinajstić information content (AvgIpc) is 2.55. The van der Waals surface area contributed by atoms with Crippen molar-refractivity contribution in [1.29, 1.82) is 0 Å². The molecule has 122 valence electrons. The number of hydrogen-bond donors (Lipinski definition) is 1. The van der Waals surface area contributed by atoms with Crippen molar-refractivity contribution in [3.05, 3.63) is 59.2 Å². The molecule has 1 atom stereocenters. The van der Waals surface area contributed by atoms with Gasteiger partial charge in [-0.15, -0.1) is 0 Å². The lowest BCUT2D eigenvalue weighted by Crippen LogP contribution is -2.31. The van der Waals surface area contributed by atoms with Gasteiger partial charge in [0, 0.05) is 6.07 Å². The largest absolute Gasteiger partial charge is 0.497 e. The fourth-order valence-corrected chi connectivity index (χ4v) is 2.43. The van der Waals surface area contributed by atoms with E-state index >= 15 is 0 Å². The molecule has 2 rings (SSSR count). The SMILES string of the molecule is COc1cccc(OCC(=O)NC(C)c2cc(C)ccc2C)c1. The van der Waals surface area contributed by atoms with Gasteiger partial charge in [0.05, 0.1) is 13.2 Å². The maximum absolute atomic E-state index is 12.1. The highest BCUT2D eigenvalue weighted by atomic mass is 16.5. The molecule has 0 aliphatic carbocycles. The minimum atomic E-state index is -0.152. The Balaban J connectivity index is 1.92. The number of benzene rings is 2. The number of amides is 1. The van der Waals surface area contributed by atoms with Crippen molar-refractivity contribution in [2.24, 2.45) is 0 Å². The molecule has 0 saturated heterocycles. The normalized spacial score (nSPS) is 11.7. The third kappa shape index (κ3) is 4.74. The molecule has 1 N–H and O–H groups in total. The van der Waals surface area contributed by atoms with Crippen LogP contribution in [0.2, 0.25) is 0 Å². The van der Waals surface area contributed by atoms with Crippen LogP contribution in [0.25, 0.3) is 0 Å². The van der Waals surface area contributed by atoms with E-state index in [-0.39, 0.29) is 18.6 Å². The van der Waals surface area contributed by atoms with Gasteiger partial charge in [-0.25, -0.2) is 0 Å². The number of carbonyl (C=O) groups excluding carboxylic acids is 1. The summed E-state index contributed by atoms with van der Waals surface area (Å²) >= 11 is 0. The molecule has 1 amide bonds. The van der Waals surface area contributed by atoms with Crippen molar-refractivity contribution in [3.63, 3.8) is 0 Å². The number of carbonyl (C=O) groups is 1. The Hall–Kier alpha value is -2.49. The van der Waals surface area contributed by atoms with Gasteiger partial charge in [0.1, 0.15) is 11.5 Å². The van der Waals surface area contributed by atoms with Crippen molar-refractivity contribution in [2.75, 3.05) is 13.7 Å². The van der Waals surface area contributed by atoms with Crippen LogP contribution in [-0.4, -0.2) is 19.6 Å². The minimum Gasteiger partial charge on any atom is -0.497 e. The third-order valence-corrected chi connectivity index (χ3v) is 3.69. The Labute approximate surface area is 137 Å². The van der Waals surface area contributed by atoms with Gasteiger partial charge < -0.3 is 14.8 Å². The van der Waals surface area contributed by atoms with Crippen molar-refractivity contribution >= 4 is 5.91 Å². The maximum Gasteiger partial charge on any atom is 0.258 e. The number of hydrogen-bond acceptors (Lipinski definition) is 3. The molecule has 0 bridgehead atoms. The molecule has 0 aromatic heterocycles. The van der Waals surface area contributed by atoms with Crippen LogP contribution in [0.4, 0.5) is 0 Å². The Morgan fingerprint density at radius 3 is 2.61 bits per heavy atom. The van der Waals surface area contributed by atoms with E-state index in [0.29, 0.717) is 11.5 Å². The second-order valence-electron chi connectivity index (χ2n) is 5.62. The predicted octanol–water partition coefficient (Wildman–Crippen LogP) is 3.57. The van der Waals surface area contributed by atoms with Crippen LogP contribution in [0, 0.1) is 13.8 Å². The van der Waals surface area contributed by atoms with E-state index in [9.17, 15) is 4.79 Å². The van der Waals surface area contributed by atoms with E-state index in [2.05, 4.69) is 23.5 Å². The molecular formula is C19H23NO3. The number of methoxy groups -OCH3 is 1. The van der Waals surface area contributed by atoms with E-state index in [1.807, 2.05) is 32.9 Å². The Morgan fingerprint density at radius 2 is 1.87 bits per heavy atom. The smallest absolute Gasteiger partial charge is 0.258 e. The van der Waals surface area contributed by atoms with E-state index in [1.165, 1.54) is 5.56 Å². The van der Waals surface area contributed by atoms with E-state index in [0.717, 1.165) is 11.1 Å². The molecule has 23 heavy (non-hydrogen) atoms. The molecular weight excluding hydrogens is 290 g/mol. The maximum atomic E-state index is 12.1. The Bertz CT molecular complexity index is 682. The number of rotatable bonds is 6. The van der Waals surface area contributed by atoms with Crippen LogP contribution < -0.4 is 14.8 Å². The van der Waals surface area contributed by atoms with Gasteiger partial charge in [-0.2, -0.15) is 0 Å². The van der Waals surface area contributed by atoms with Gasteiger partial charge in [-0.05, 0) is 44.0 Å². The van der Waals surface area contributed by atoms with Gasteiger partial charge in [0.25, 0.3) is 5.91 Å². The lowest BCUT2D eigenvalue weighted by molar-refractivity contribution is -0.123. The van der Waals surface area contributed by atoms with Crippen molar-refractivity contribution in [2.45, 2.75) is 26.8 Å². The molecule has 0 aliphatic heterocycles. The first-order valence-electron chi connectivity index (χ1n) is 7.63. The predicted molar refractivity (Wildman–Crippen MR) is 91.0 cm³/mol. The Morgan fingerprint density at radius 1 is 1.13 bits per heavy atom. The van der Waals surface area contributed by atoms with E-state index in [4.69, 9.17) is 9.47 Å². The van der Waals surface area contributed by atoms with E-state index < -0.39 is 0 Å². The van der Waals surface area contributed by atoms with Gasteiger partial charge in [-0.3, -0.25) is 4.79 Å². The van der Waals surface area contributed by atoms with Crippen LogP contribution in [0.3, 0.4) is 0 Å². The van der Waals surface area contributed by atoms with E-state index in [1.54, 1.807) is 19.2 Å². The quantitative estimate of drug-likeness (QED) is 0.887. The fraction of sp³-hybridized carbons (Fsp3) is 0.316. The summed E-state index contributed by atoms with van der Waals surface area (Å²) in [6.07, 6.45) is 0. The van der Waals surface area contributed by atoms with Crippen molar-refractivity contribution in [1.82, 2.24) is 5.32 Å². The summed E-state index contributed by atoms with van der Waals surface area (Å²) < 4.78 is 10.6. The first-order valence-corrected chi connectivity index (χ1v) is 7.63. The lowest BCUT2D eigenvalue weighted by Gasteiger charge is -2.17. The highest BCUT2D eigenvalue weighted by Gasteiger charge is 2.12. The second-order valence-corrected chi connectivity index (χ2v) is 5.62. The first-order chi connectivity index (χ1) is 11.0. The zero-order chi connectivity index (χ0) is 16.8. The zero-order valence-electron chi connectivity index (χ0n) is 14.1. The highest BCUT2D eigenvalue weighted by Crippen LogP contribution is 2.20. The zero-order valence-corrected chi connectivity index (χ0v) is 14.1.